The Kier molecular flexibility index (Phi) is 4.04. The number of rotatable bonds is 2. The third kappa shape index (κ3) is 2.98. The van der Waals surface area contributed by atoms with Crippen molar-refractivity contribution in [1.82, 2.24) is 9.88 Å². The number of thiazole rings is 1. The number of aromatic nitrogens is 1. The summed E-state index contributed by atoms with van der Waals surface area (Å²) in [5.74, 6) is 0.548. The topological polar surface area (TPSA) is 36.4 Å². The van der Waals surface area contributed by atoms with Gasteiger partial charge in [-0.25, -0.2) is 4.98 Å². The molecule has 4 nitrogen and oxygen atoms in total. The molecule has 4 rings (SSSR count). The van der Waals surface area contributed by atoms with Gasteiger partial charge in [0.1, 0.15) is 0 Å². The van der Waals surface area contributed by atoms with Gasteiger partial charge in [-0.2, -0.15) is 0 Å². The zero-order valence-electron chi connectivity index (χ0n) is 13.1. The average molecular weight is 327 g/mol. The molecular weight excluding hydrogens is 306 g/mol. The Hall–Kier alpha value is -1.88. The second-order valence-electron chi connectivity index (χ2n) is 6.26. The summed E-state index contributed by atoms with van der Waals surface area (Å²) in [4.78, 5) is 21.7. The Balaban J connectivity index is 1.40. The highest BCUT2D eigenvalue weighted by Gasteiger charge is 2.28. The normalized spacial score (nSPS) is 21.8. The van der Waals surface area contributed by atoms with Gasteiger partial charge in [0.05, 0.1) is 10.2 Å². The van der Waals surface area contributed by atoms with Gasteiger partial charge < -0.3 is 9.80 Å². The highest BCUT2D eigenvalue weighted by Crippen LogP contribution is 2.29. The average Bonchev–Trinajstić information content (AvgIpc) is 3.06. The number of amides is 1. The van der Waals surface area contributed by atoms with Crippen LogP contribution in [0.5, 0.6) is 0 Å². The van der Waals surface area contributed by atoms with Crippen LogP contribution in [0.1, 0.15) is 19.3 Å². The van der Waals surface area contributed by atoms with Gasteiger partial charge >= 0.3 is 0 Å². The Bertz CT molecular complexity index is 698. The number of piperazine rings is 1. The van der Waals surface area contributed by atoms with Crippen LogP contribution in [0.2, 0.25) is 0 Å². The van der Waals surface area contributed by atoms with Crippen molar-refractivity contribution in [1.29, 1.82) is 0 Å². The number of para-hydroxylation sites is 1. The predicted octanol–water partition coefficient (Wildman–Crippen LogP) is 3.30. The summed E-state index contributed by atoms with van der Waals surface area (Å²) < 4.78 is 1.23. The van der Waals surface area contributed by atoms with Crippen LogP contribution < -0.4 is 4.90 Å². The van der Waals surface area contributed by atoms with Gasteiger partial charge in [-0.05, 0) is 31.4 Å². The van der Waals surface area contributed by atoms with Gasteiger partial charge in [0, 0.05) is 32.1 Å². The minimum absolute atomic E-state index is 0.203. The van der Waals surface area contributed by atoms with E-state index in [1.807, 2.05) is 11.0 Å². The highest BCUT2D eigenvalue weighted by atomic mass is 32.1. The Morgan fingerprint density at radius 3 is 2.70 bits per heavy atom. The van der Waals surface area contributed by atoms with E-state index in [0.29, 0.717) is 5.91 Å². The molecule has 2 aliphatic rings. The van der Waals surface area contributed by atoms with Gasteiger partial charge in [-0.3, -0.25) is 4.79 Å². The van der Waals surface area contributed by atoms with E-state index in [0.717, 1.165) is 56.1 Å². The number of hydrogen-bond acceptors (Lipinski definition) is 4. The molecule has 120 valence electrons. The fourth-order valence-corrected chi connectivity index (χ4v) is 4.41. The summed E-state index contributed by atoms with van der Waals surface area (Å²) in [7, 11) is 0. The largest absolute Gasteiger partial charge is 0.345 e. The first-order valence-corrected chi connectivity index (χ1v) is 9.17. The van der Waals surface area contributed by atoms with Crippen LogP contribution in [-0.4, -0.2) is 42.0 Å². The minimum Gasteiger partial charge on any atom is -0.345 e. The van der Waals surface area contributed by atoms with E-state index in [1.165, 1.54) is 4.70 Å². The number of fused-ring (bicyclic) bond motifs is 1. The Labute approximate surface area is 140 Å². The number of carbonyl (C=O) groups is 1. The van der Waals surface area contributed by atoms with Crippen LogP contribution in [0.15, 0.2) is 36.4 Å². The summed E-state index contributed by atoms with van der Waals surface area (Å²) >= 11 is 1.74. The van der Waals surface area contributed by atoms with Crippen molar-refractivity contribution >= 4 is 32.6 Å². The van der Waals surface area contributed by atoms with Crippen LogP contribution in [0, 0.1) is 5.92 Å². The molecule has 1 aliphatic heterocycles. The number of benzene rings is 1. The summed E-state index contributed by atoms with van der Waals surface area (Å²) in [6, 6.07) is 8.26. The van der Waals surface area contributed by atoms with E-state index in [1.54, 1.807) is 11.3 Å². The smallest absolute Gasteiger partial charge is 0.226 e. The van der Waals surface area contributed by atoms with Gasteiger partial charge in [-0.1, -0.05) is 35.6 Å². The zero-order chi connectivity index (χ0) is 15.6. The van der Waals surface area contributed by atoms with Crippen molar-refractivity contribution in [2.75, 3.05) is 31.1 Å². The third-order valence-corrected chi connectivity index (χ3v) is 5.86. The number of anilines is 1. The summed E-state index contributed by atoms with van der Waals surface area (Å²) in [6.45, 7) is 3.40. The SMILES string of the molecule is O=C([C@@H]1CC=CCC1)N1CCN(c2nc3ccccc3s2)CC1. The molecule has 2 heterocycles. The quantitative estimate of drug-likeness (QED) is 0.794. The summed E-state index contributed by atoms with van der Waals surface area (Å²) in [6.07, 6.45) is 7.31. The molecule has 0 saturated carbocycles. The van der Waals surface area contributed by atoms with Gasteiger partial charge in [0.25, 0.3) is 0 Å². The van der Waals surface area contributed by atoms with Gasteiger partial charge in [-0.15, -0.1) is 0 Å². The van der Waals surface area contributed by atoms with E-state index >= 15 is 0 Å². The van der Waals surface area contributed by atoms with Crippen LogP contribution in [0.4, 0.5) is 5.13 Å². The van der Waals surface area contributed by atoms with E-state index in [-0.39, 0.29) is 5.92 Å². The van der Waals surface area contributed by atoms with Crippen LogP contribution in [0.25, 0.3) is 10.2 Å². The molecule has 0 bridgehead atoms. The number of nitrogens with zero attached hydrogens (tertiary/aromatic N) is 3. The molecule has 0 N–H and O–H groups in total. The van der Waals surface area contributed by atoms with Crippen molar-refractivity contribution in [3.63, 3.8) is 0 Å². The minimum atomic E-state index is 0.203. The van der Waals surface area contributed by atoms with Crippen molar-refractivity contribution in [3.8, 4) is 0 Å². The summed E-state index contributed by atoms with van der Waals surface area (Å²) in [5, 5.41) is 1.08. The monoisotopic (exact) mass is 327 g/mol. The molecule has 1 aromatic carbocycles. The molecule has 23 heavy (non-hydrogen) atoms. The first kappa shape index (κ1) is 14.7. The van der Waals surface area contributed by atoms with Crippen molar-refractivity contribution in [2.45, 2.75) is 19.3 Å². The molecule has 1 amide bonds. The van der Waals surface area contributed by atoms with Crippen LogP contribution in [0.3, 0.4) is 0 Å². The molecule has 0 unspecified atom stereocenters. The first-order chi connectivity index (χ1) is 11.3. The zero-order valence-corrected chi connectivity index (χ0v) is 14.0. The van der Waals surface area contributed by atoms with Crippen molar-refractivity contribution < 1.29 is 4.79 Å². The maximum atomic E-state index is 12.6. The lowest BCUT2D eigenvalue weighted by atomic mass is 9.93. The van der Waals surface area contributed by atoms with Crippen molar-refractivity contribution in [2.24, 2.45) is 5.92 Å². The molecule has 1 fully saturated rings. The maximum Gasteiger partial charge on any atom is 0.226 e. The molecule has 1 aliphatic carbocycles. The molecule has 2 aromatic rings. The van der Waals surface area contributed by atoms with Crippen LogP contribution in [-0.2, 0) is 4.79 Å². The molecule has 0 spiro atoms. The molecule has 1 aromatic heterocycles. The highest BCUT2D eigenvalue weighted by molar-refractivity contribution is 7.22. The van der Waals surface area contributed by atoms with Gasteiger partial charge in [0.2, 0.25) is 5.91 Å². The number of allylic oxidation sites excluding steroid dienone is 2. The molecule has 1 atom stereocenters. The third-order valence-electron chi connectivity index (χ3n) is 4.76. The first-order valence-electron chi connectivity index (χ1n) is 8.35. The Morgan fingerprint density at radius 2 is 1.96 bits per heavy atom. The molecule has 5 heteroatoms. The maximum absolute atomic E-state index is 12.6. The molecule has 0 radical (unpaired) electrons. The van der Waals surface area contributed by atoms with Gasteiger partial charge in [0.15, 0.2) is 5.13 Å². The second-order valence-corrected chi connectivity index (χ2v) is 7.27. The standard InChI is InChI=1S/C18H21N3OS/c22-17(14-6-2-1-3-7-14)20-10-12-21(13-11-20)18-19-15-8-4-5-9-16(15)23-18/h1-2,4-5,8-9,14H,3,6-7,10-13H2/t14-/m1/s1. The van der Waals surface area contributed by atoms with E-state index in [4.69, 9.17) is 4.98 Å². The van der Waals surface area contributed by atoms with E-state index < -0.39 is 0 Å². The fourth-order valence-electron chi connectivity index (χ4n) is 3.39. The fraction of sp³-hybridized carbons (Fsp3) is 0.444. The Morgan fingerprint density at radius 1 is 1.13 bits per heavy atom. The lowest BCUT2D eigenvalue weighted by Crippen LogP contribution is -2.50. The lowest BCUT2D eigenvalue weighted by Gasteiger charge is -2.36. The van der Waals surface area contributed by atoms with Crippen LogP contribution >= 0.6 is 11.3 Å². The predicted molar refractivity (Wildman–Crippen MR) is 94.9 cm³/mol. The number of hydrogen-bond donors (Lipinski definition) is 0. The number of carbonyl (C=O) groups excluding carboxylic acids is 1. The second kappa shape index (κ2) is 6.32. The lowest BCUT2D eigenvalue weighted by molar-refractivity contribution is -0.136. The van der Waals surface area contributed by atoms with Crippen molar-refractivity contribution in [3.05, 3.63) is 36.4 Å². The van der Waals surface area contributed by atoms with E-state index in [2.05, 4.69) is 35.3 Å². The molecule has 1 saturated heterocycles. The summed E-state index contributed by atoms with van der Waals surface area (Å²) in [5.41, 5.74) is 1.07. The molecular formula is C18H21N3OS. The van der Waals surface area contributed by atoms with E-state index in [9.17, 15) is 4.79 Å².